The molecule has 0 aliphatic rings. The number of fused-ring (bicyclic) bond motifs is 1. The van der Waals surface area contributed by atoms with Gasteiger partial charge in [0.15, 0.2) is 5.65 Å². The normalized spacial score (nSPS) is 14.4. The Labute approximate surface area is 137 Å². The van der Waals surface area contributed by atoms with Crippen molar-refractivity contribution in [2.75, 3.05) is 6.54 Å². The van der Waals surface area contributed by atoms with Gasteiger partial charge in [0, 0.05) is 6.54 Å². The third-order valence-corrected chi connectivity index (χ3v) is 3.15. The Bertz CT molecular complexity index is 763. The lowest BCUT2D eigenvalue weighted by molar-refractivity contribution is 0.0106. The molecule has 2 aromatic rings. The first-order chi connectivity index (χ1) is 11.2. The maximum absolute atomic E-state index is 11.8. The number of carbonyl (C=O) groups excluding carboxylic acids is 1. The topological polar surface area (TPSA) is 153 Å². The zero-order valence-electron chi connectivity index (χ0n) is 13.7. The molecule has 0 aromatic carbocycles. The molecule has 0 fully saturated rings. The summed E-state index contributed by atoms with van der Waals surface area (Å²) in [6.07, 6.45) is -1.96. The summed E-state index contributed by atoms with van der Waals surface area (Å²) in [7, 11) is 0. The number of aromatic amines is 2. The van der Waals surface area contributed by atoms with Crippen molar-refractivity contribution in [2.45, 2.75) is 45.0 Å². The van der Waals surface area contributed by atoms with Crippen molar-refractivity contribution >= 4 is 17.1 Å². The van der Waals surface area contributed by atoms with Gasteiger partial charge in [-0.05, 0) is 27.2 Å². The fraction of sp³-hybridized carbons (Fsp3) is 0.571. The van der Waals surface area contributed by atoms with Gasteiger partial charge >= 0.3 is 6.09 Å². The Balaban J connectivity index is 1.96. The molecule has 2 heterocycles. The summed E-state index contributed by atoms with van der Waals surface area (Å²) in [6.45, 7) is 5.30. The summed E-state index contributed by atoms with van der Waals surface area (Å²) in [5, 5.41) is 29.2. The highest BCUT2D eigenvalue weighted by Crippen LogP contribution is 2.21. The summed E-state index contributed by atoms with van der Waals surface area (Å²) in [5.74, 6) is 0. The predicted octanol–water partition coefficient (Wildman–Crippen LogP) is -0.0447. The SMILES string of the molecule is CC(C)(C)OC(=O)NCCC(O)C(O)c1[nH]nc2nc[nH]c(=O)c12. The number of amides is 1. The van der Waals surface area contributed by atoms with Gasteiger partial charge < -0.3 is 25.3 Å². The highest BCUT2D eigenvalue weighted by molar-refractivity contribution is 5.76. The highest BCUT2D eigenvalue weighted by atomic mass is 16.6. The van der Waals surface area contributed by atoms with E-state index in [-0.39, 0.29) is 29.7 Å². The number of hydrogen-bond acceptors (Lipinski definition) is 7. The molecule has 2 rings (SSSR count). The molecular formula is C14H21N5O5. The maximum atomic E-state index is 11.8. The second-order valence-electron chi connectivity index (χ2n) is 6.30. The minimum absolute atomic E-state index is 0.0547. The summed E-state index contributed by atoms with van der Waals surface area (Å²) < 4.78 is 5.06. The third kappa shape index (κ3) is 4.30. The molecule has 0 aliphatic carbocycles. The molecule has 0 saturated heterocycles. The van der Waals surface area contributed by atoms with E-state index in [1.807, 2.05) is 0 Å². The Morgan fingerprint density at radius 1 is 1.42 bits per heavy atom. The monoisotopic (exact) mass is 339 g/mol. The number of H-pyrrole nitrogens is 2. The first-order valence-electron chi connectivity index (χ1n) is 7.43. The molecule has 5 N–H and O–H groups in total. The molecule has 1 amide bonds. The highest BCUT2D eigenvalue weighted by Gasteiger charge is 2.25. The standard InChI is InChI=1S/C14H21N5O5/c1-14(2,3)24-13(23)15-5-4-7(20)10(21)9-8-11(19-18-9)16-6-17-12(8)22/h6-7,10,20-21H,4-5H2,1-3H3,(H,15,23)(H2,16,17,18,19,22). The Kier molecular flexibility index (Phi) is 5.20. The van der Waals surface area contributed by atoms with Gasteiger partial charge in [0.05, 0.1) is 18.1 Å². The van der Waals surface area contributed by atoms with E-state index >= 15 is 0 Å². The van der Waals surface area contributed by atoms with Gasteiger partial charge in [0.2, 0.25) is 0 Å². The summed E-state index contributed by atoms with van der Waals surface area (Å²) in [4.78, 5) is 29.6. The molecule has 132 valence electrons. The quantitative estimate of drug-likeness (QED) is 0.512. The molecule has 0 aliphatic heterocycles. The molecule has 24 heavy (non-hydrogen) atoms. The van der Waals surface area contributed by atoms with Gasteiger partial charge in [-0.25, -0.2) is 9.78 Å². The van der Waals surface area contributed by atoms with E-state index in [4.69, 9.17) is 4.74 Å². The van der Waals surface area contributed by atoms with Crippen LogP contribution in [0.4, 0.5) is 4.79 Å². The van der Waals surface area contributed by atoms with Crippen LogP contribution in [0.2, 0.25) is 0 Å². The first kappa shape index (κ1) is 17.9. The summed E-state index contributed by atoms with van der Waals surface area (Å²) >= 11 is 0. The fourth-order valence-corrected chi connectivity index (χ4v) is 2.09. The minimum atomic E-state index is -1.37. The minimum Gasteiger partial charge on any atom is -0.444 e. The molecule has 2 unspecified atom stereocenters. The number of ether oxygens (including phenoxy) is 1. The molecule has 10 nitrogen and oxygen atoms in total. The molecule has 0 bridgehead atoms. The lowest BCUT2D eigenvalue weighted by Gasteiger charge is -2.21. The molecule has 0 spiro atoms. The van der Waals surface area contributed by atoms with E-state index in [0.717, 1.165) is 0 Å². The largest absolute Gasteiger partial charge is 0.444 e. The molecule has 2 atom stereocenters. The van der Waals surface area contributed by atoms with Crippen molar-refractivity contribution < 1.29 is 19.7 Å². The molecule has 0 saturated carbocycles. The van der Waals surface area contributed by atoms with E-state index in [9.17, 15) is 19.8 Å². The number of aliphatic hydroxyl groups excluding tert-OH is 2. The van der Waals surface area contributed by atoms with Crippen LogP contribution in [0, 0.1) is 0 Å². The average molecular weight is 339 g/mol. The number of aliphatic hydroxyl groups is 2. The average Bonchev–Trinajstić information content (AvgIpc) is 2.89. The Hall–Kier alpha value is -2.46. The third-order valence-electron chi connectivity index (χ3n) is 3.15. The van der Waals surface area contributed by atoms with Crippen LogP contribution >= 0.6 is 0 Å². The number of alkyl carbamates (subject to hydrolysis) is 1. The van der Waals surface area contributed by atoms with Gasteiger partial charge in [0.1, 0.15) is 17.1 Å². The fourth-order valence-electron chi connectivity index (χ4n) is 2.09. The maximum Gasteiger partial charge on any atom is 0.407 e. The van der Waals surface area contributed by atoms with Gasteiger partial charge in [-0.3, -0.25) is 9.89 Å². The van der Waals surface area contributed by atoms with Crippen LogP contribution < -0.4 is 10.9 Å². The van der Waals surface area contributed by atoms with E-state index in [2.05, 4.69) is 25.5 Å². The van der Waals surface area contributed by atoms with Gasteiger partial charge in [-0.2, -0.15) is 5.10 Å². The lowest BCUT2D eigenvalue weighted by atomic mass is 10.1. The number of aromatic nitrogens is 4. The van der Waals surface area contributed by atoms with Crippen molar-refractivity contribution in [3.05, 3.63) is 22.4 Å². The van der Waals surface area contributed by atoms with Crippen molar-refractivity contribution in [3.63, 3.8) is 0 Å². The molecule has 0 radical (unpaired) electrons. The second-order valence-corrected chi connectivity index (χ2v) is 6.30. The molecule has 10 heteroatoms. The van der Waals surface area contributed by atoms with Crippen LogP contribution in [0.15, 0.2) is 11.1 Å². The van der Waals surface area contributed by atoms with Crippen molar-refractivity contribution in [3.8, 4) is 0 Å². The summed E-state index contributed by atoms with van der Waals surface area (Å²) in [6, 6.07) is 0. The van der Waals surface area contributed by atoms with Crippen LogP contribution in [0.25, 0.3) is 11.0 Å². The number of nitrogens with one attached hydrogen (secondary N) is 3. The van der Waals surface area contributed by atoms with Crippen LogP contribution in [0.1, 0.15) is 39.0 Å². The number of carbonyl (C=O) groups is 1. The van der Waals surface area contributed by atoms with E-state index in [1.165, 1.54) is 6.33 Å². The van der Waals surface area contributed by atoms with Crippen molar-refractivity contribution in [1.82, 2.24) is 25.5 Å². The lowest BCUT2D eigenvalue weighted by Crippen LogP contribution is -2.34. The van der Waals surface area contributed by atoms with Crippen LogP contribution in [0.3, 0.4) is 0 Å². The zero-order valence-corrected chi connectivity index (χ0v) is 13.7. The molecular weight excluding hydrogens is 318 g/mol. The van der Waals surface area contributed by atoms with Gasteiger partial charge in [-0.1, -0.05) is 0 Å². The Morgan fingerprint density at radius 3 is 2.79 bits per heavy atom. The second kappa shape index (κ2) is 6.97. The Morgan fingerprint density at radius 2 is 2.12 bits per heavy atom. The van der Waals surface area contributed by atoms with Crippen molar-refractivity contribution in [1.29, 1.82) is 0 Å². The smallest absolute Gasteiger partial charge is 0.407 e. The van der Waals surface area contributed by atoms with Gasteiger partial charge in [0.25, 0.3) is 5.56 Å². The first-order valence-corrected chi connectivity index (χ1v) is 7.43. The van der Waals surface area contributed by atoms with Crippen molar-refractivity contribution in [2.24, 2.45) is 0 Å². The van der Waals surface area contributed by atoms with Gasteiger partial charge in [-0.15, -0.1) is 0 Å². The van der Waals surface area contributed by atoms with E-state index in [1.54, 1.807) is 20.8 Å². The number of hydrogen-bond donors (Lipinski definition) is 5. The molecule has 2 aromatic heterocycles. The van der Waals surface area contributed by atoms with E-state index in [0.29, 0.717) is 0 Å². The number of rotatable bonds is 5. The predicted molar refractivity (Wildman–Crippen MR) is 84.3 cm³/mol. The van der Waals surface area contributed by atoms with Crippen LogP contribution in [0.5, 0.6) is 0 Å². The van der Waals surface area contributed by atoms with Crippen LogP contribution in [-0.2, 0) is 4.74 Å². The number of nitrogens with zero attached hydrogens (tertiary/aromatic N) is 2. The zero-order chi connectivity index (χ0) is 17.9. The van der Waals surface area contributed by atoms with Crippen LogP contribution in [-0.4, -0.2) is 54.7 Å². The summed E-state index contributed by atoms with van der Waals surface area (Å²) in [5.41, 5.74) is -0.872. The van der Waals surface area contributed by atoms with E-state index < -0.39 is 29.5 Å².